The molecule has 4 saturated carbocycles. The van der Waals surface area contributed by atoms with Crippen LogP contribution >= 0.6 is 0 Å². The molecule has 8 rings (SSSR count). The number of carbonyl (C=O) groups is 3. The van der Waals surface area contributed by atoms with E-state index in [1.807, 2.05) is 20.8 Å². The molecule has 0 aromatic rings. The smallest absolute Gasteiger partial charge is 0.335 e. The van der Waals surface area contributed by atoms with E-state index in [2.05, 4.69) is 26.8 Å². The predicted molar refractivity (Wildman–Crippen MR) is 269 cm³/mol. The van der Waals surface area contributed by atoms with E-state index >= 15 is 0 Å². The molecule has 79 heavy (non-hydrogen) atoms. The van der Waals surface area contributed by atoms with E-state index in [1.165, 1.54) is 6.92 Å². The number of fused-ring (bicyclic) bond motifs is 7. The van der Waals surface area contributed by atoms with Gasteiger partial charge in [-0.25, -0.2) is 9.59 Å². The van der Waals surface area contributed by atoms with Gasteiger partial charge in [-0.3, -0.25) is 4.79 Å². The summed E-state index contributed by atoms with van der Waals surface area (Å²) < 4.78 is 48.3. The van der Waals surface area contributed by atoms with E-state index in [4.69, 9.17) is 37.9 Å². The quantitative estimate of drug-likeness (QED) is 0.0415. The van der Waals surface area contributed by atoms with Gasteiger partial charge in [0.05, 0.1) is 37.9 Å². The molecule has 8 aliphatic rings. The number of rotatable bonds is 14. The van der Waals surface area contributed by atoms with E-state index < -0.39 is 199 Å². The molecule has 24 nitrogen and oxygen atoms in total. The van der Waals surface area contributed by atoms with Gasteiger partial charge in [0.2, 0.25) is 0 Å². The van der Waals surface area contributed by atoms with Gasteiger partial charge in [0.15, 0.2) is 25.0 Å². The number of esters is 2. The van der Waals surface area contributed by atoms with Gasteiger partial charge in [0, 0.05) is 23.3 Å². The summed E-state index contributed by atoms with van der Waals surface area (Å²) in [6, 6.07) is 0. The Balaban J connectivity index is 1.14. The molecular weight excluding hydrogens is 1040 g/mol. The summed E-state index contributed by atoms with van der Waals surface area (Å²) >= 11 is 0. The number of hydrogen-bond donors (Lipinski definition) is 13. The van der Waals surface area contributed by atoms with Gasteiger partial charge in [0.25, 0.3) is 0 Å². The lowest BCUT2D eigenvalue weighted by atomic mass is 9.33. The van der Waals surface area contributed by atoms with Crippen LogP contribution in [-0.4, -0.2) is 227 Å². The van der Waals surface area contributed by atoms with Crippen LogP contribution in [0.4, 0.5) is 0 Å². The highest BCUT2D eigenvalue weighted by atomic mass is 16.8. The number of aliphatic carboxylic acids is 1. The second kappa shape index (κ2) is 22.6. The maximum Gasteiger partial charge on any atom is 0.335 e. The minimum atomic E-state index is -2.18. The molecule has 0 spiro atoms. The van der Waals surface area contributed by atoms with Crippen molar-refractivity contribution in [1.29, 1.82) is 0 Å². The van der Waals surface area contributed by atoms with Crippen molar-refractivity contribution in [3.8, 4) is 0 Å². The molecule has 0 bridgehead atoms. The number of allylic oxidation sites excluding steroid dienone is 3. The lowest BCUT2D eigenvalue weighted by Gasteiger charge is -2.72. The molecule has 0 aromatic carbocycles. The molecule has 0 radical (unpaired) electrons. The Morgan fingerprint density at radius 1 is 0.658 bits per heavy atom. The maximum atomic E-state index is 13.9. The summed E-state index contributed by atoms with van der Waals surface area (Å²) in [4.78, 5) is 39.6. The van der Waals surface area contributed by atoms with Crippen LogP contribution in [0, 0.1) is 50.2 Å². The lowest BCUT2D eigenvalue weighted by Crippen LogP contribution is -2.72. The average molecular weight is 1130 g/mol. The van der Waals surface area contributed by atoms with E-state index in [1.54, 1.807) is 19.9 Å². The summed E-state index contributed by atoms with van der Waals surface area (Å²) in [5.74, 6) is -3.87. The number of carbonyl (C=O) groups excluding carboxylic acids is 2. The molecular formula is C55H86O24. The largest absolute Gasteiger partial charge is 0.479 e. The van der Waals surface area contributed by atoms with Crippen molar-refractivity contribution in [2.75, 3.05) is 26.4 Å². The Morgan fingerprint density at radius 2 is 1.24 bits per heavy atom. The van der Waals surface area contributed by atoms with Gasteiger partial charge in [-0.05, 0) is 92.8 Å². The lowest BCUT2D eigenvalue weighted by molar-refractivity contribution is -0.392. The summed E-state index contributed by atoms with van der Waals surface area (Å²) in [6.45, 7) is 14.1. The number of hydrogen-bond acceptors (Lipinski definition) is 23. The SMILES string of the molecule is C/C=C(/C)C(=O)O[C@@H]1C[C@]2(C)C(=CC[C@@H]3[C@@]4(C)CC[C@H](O[C@@H]5O[C@H](C(=O)O)[C@@H](O[C@@H]6O[C@H](CO)[C@@H](O)[C@H](O)[C@H]6O)[C@H](O)[C@H]5O[C@@H]5O[C@H](CO)[C@@H](O)[C@H](O)[C@H]5O)[C@](C)(CO)[C@@H]4CC[C@]32C)[C@@H]2CC(C)(C)[C@@H](OC(C)=O)[C@H](O)[C@]12CO. The van der Waals surface area contributed by atoms with Crippen LogP contribution in [0.1, 0.15) is 107 Å². The summed E-state index contributed by atoms with van der Waals surface area (Å²) in [5, 5.41) is 143. The first kappa shape index (κ1) is 62.2. The molecule has 0 unspecified atom stereocenters. The van der Waals surface area contributed by atoms with E-state index in [-0.39, 0.29) is 24.7 Å². The predicted octanol–water partition coefficient (Wildman–Crippen LogP) is -1.32. The van der Waals surface area contributed by atoms with Crippen molar-refractivity contribution in [3.05, 3.63) is 23.3 Å². The van der Waals surface area contributed by atoms with Gasteiger partial charge in [0.1, 0.15) is 85.5 Å². The van der Waals surface area contributed by atoms with Crippen molar-refractivity contribution in [2.24, 2.45) is 50.2 Å². The average Bonchev–Trinajstić information content (AvgIpc) is 3.24. The molecule has 3 aliphatic heterocycles. The number of carboxylic acid groups (broad SMARTS) is 1. The first-order chi connectivity index (χ1) is 36.9. The van der Waals surface area contributed by atoms with Crippen molar-refractivity contribution in [3.63, 3.8) is 0 Å². The third-order valence-corrected chi connectivity index (χ3v) is 21.1. The van der Waals surface area contributed by atoms with Crippen molar-refractivity contribution < 1.29 is 119 Å². The Kier molecular flexibility index (Phi) is 17.8. The highest BCUT2D eigenvalue weighted by molar-refractivity contribution is 5.87. The zero-order valence-electron chi connectivity index (χ0n) is 46.4. The van der Waals surface area contributed by atoms with Crippen LogP contribution < -0.4 is 0 Å². The maximum absolute atomic E-state index is 13.9. The Morgan fingerprint density at radius 3 is 1.76 bits per heavy atom. The zero-order chi connectivity index (χ0) is 58.4. The van der Waals surface area contributed by atoms with Gasteiger partial charge in [-0.15, -0.1) is 0 Å². The molecule has 0 aromatic heterocycles. The van der Waals surface area contributed by atoms with Gasteiger partial charge in [-0.1, -0.05) is 59.3 Å². The fourth-order valence-corrected chi connectivity index (χ4v) is 16.2. The zero-order valence-corrected chi connectivity index (χ0v) is 46.4. The third kappa shape index (κ3) is 9.94. The van der Waals surface area contributed by atoms with Crippen LogP contribution in [0.25, 0.3) is 0 Å². The Labute approximate surface area is 459 Å². The van der Waals surface area contributed by atoms with E-state index in [0.717, 1.165) is 5.57 Å². The number of carboxylic acids is 1. The van der Waals surface area contributed by atoms with Crippen LogP contribution in [0.15, 0.2) is 23.3 Å². The number of aliphatic hydroxyl groups is 12. The molecule has 450 valence electrons. The monoisotopic (exact) mass is 1130 g/mol. The van der Waals surface area contributed by atoms with Gasteiger partial charge in [-0.2, -0.15) is 0 Å². The summed E-state index contributed by atoms with van der Waals surface area (Å²) in [6.07, 6.45) is -26.6. The molecule has 3 saturated heterocycles. The summed E-state index contributed by atoms with van der Waals surface area (Å²) in [5.41, 5.74) is -3.85. The second-order valence-corrected chi connectivity index (χ2v) is 25.5. The standard InChI is InChI=1S/C55H86O24/c1-10-23(2)46(71)75-32-18-54(9)25(26-17-50(4,5)44(72-24(3)60)43(68)55(26,32)22-59)11-12-30-51(6)15-14-31(52(7,21-58)29(51)13-16-53(30,54)8)76-49-41(78-48-38(66)36(64)34(62)28(20-57)74-48)39(67)40(42(79-49)45(69)70)77-47-37(65)35(63)33(61)27(19-56)73-47/h10-11,26-44,47-49,56-59,61-68H,12-22H2,1-9H3,(H,69,70)/b23-10-/t26-,27+,28+,29+,30+,31-,32+,33+,34+,35-,36-,37+,38+,39-,40-,41+,42-,43-,44-,47-,48-,49+,51-,52+,53+,54+,55-/m0/s1. The van der Waals surface area contributed by atoms with Crippen LogP contribution in [-0.2, 0) is 52.3 Å². The Hall–Kier alpha value is -2.83. The minimum absolute atomic E-state index is 0.100. The van der Waals surface area contributed by atoms with Crippen LogP contribution in [0.3, 0.4) is 0 Å². The molecule has 24 heteroatoms. The Bertz CT molecular complexity index is 2290. The molecule has 0 amide bonds. The second-order valence-electron chi connectivity index (χ2n) is 25.5. The summed E-state index contributed by atoms with van der Waals surface area (Å²) in [7, 11) is 0. The van der Waals surface area contributed by atoms with Gasteiger partial charge >= 0.3 is 17.9 Å². The number of ether oxygens (including phenoxy) is 8. The third-order valence-electron chi connectivity index (χ3n) is 21.1. The molecule has 7 fully saturated rings. The molecule has 27 atom stereocenters. The van der Waals surface area contributed by atoms with Crippen molar-refractivity contribution in [1.82, 2.24) is 0 Å². The fourth-order valence-electron chi connectivity index (χ4n) is 16.2. The highest BCUT2D eigenvalue weighted by Crippen LogP contribution is 2.76. The van der Waals surface area contributed by atoms with Crippen LogP contribution in [0.5, 0.6) is 0 Å². The number of aliphatic hydroxyl groups excluding tert-OH is 12. The first-order valence-electron chi connectivity index (χ1n) is 27.7. The minimum Gasteiger partial charge on any atom is -0.479 e. The fraction of sp³-hybridized carbons (Fsp3) is 0.873. The molecule has 13 N–H and O–H groups in total. The van der Waals surface area contributed by atoms with Crippen molar-refractivity contribution >= 4 is 17.9 Å². The molecule has 5 aliphatic carbocycles. The van der Waals surface area contributed by atoms with E-state index in [9.17, 15) is 80.8 Å². The van der Waals surface area contributed by atoms with Gasteiger partial charge < -0.3 is 104 Å². The van der Waals surface area contributed by atoms with E-state index in [0.29, 0.717) is 37.7 Å². The highest BCUT2D eigenvalue weighted by Gasteiger charge is 2.74. The van der Waals surface area contributed by atoms with Crippen molar-refractivity contribution in [2.45, 2.75) is 224 Å². The van der Waals surface area contributed by atoms with Crippen LogP contribution in [0.2, 0.25) is 0 Å². The normalized spacial score (nSPS) is 50.6. The first-order valence-corrected chi connectivity index (χ1v) is 27.7. The topological polar surface area (TPSA) is 388 Å². The molecule has 3 heterocycles.